The number of nitrogens with zero attached hydrogens (tertiary/aromatic N) is 5. The molecule has 146 valence electrons. The summed E-state index contributed by atoms with van der Waals surface area (Å²) in [5, 5.41) is 21.8. The number of nitrogens with one attached hydrogen (secondary N) is 1. The number of benzene rings is 1. The van der Waals surface area contributed by atoms with Crippen LogP contribution in [0.15, 0.2) is 24.5 Å². The van der Waals surface area contributed by atoms with Crippen molar-refractivity contribution in [3.8, 4) is 6.07 Å². The lowest BCUT2D eigenvalue weighted by molar-refractivity contribution is -0.125. The molecule has 2 saturated heterocycles. The molecule has 2 unspecified atom stereocenters. The summed E-state index contributed by atoms with van der Waals surface area (Å²) in [6, 6.07) is 5.93. The number of hydrogen-bond donors (Lipinski definition) is 2. The van der Waals surface area contributed by atoms with Crippen molar-refractivity contribution >= 4 is 22.6 Å². The average molecular weight is 380 g/mol. The monoisotopic (exact) mass is 380 g/mol. The summed E-state index contributed by atoms with van der Waals surface area (Å²) in [6.07, 6.45) is 3.86. The summed E-state index contributed by atoms with van der Waals surface area (Å²) in [5.41, 5.74) is 2.78. The molecule has 3 heterocycles. The molecule has 2 atom stereocenters. The van der Waals surface area contributed by atoms with Crippen molar-refractivity contribution in [1.82, 2.24) is 20.2 Å². The molecular weight excluding hydrogens is 356 g/mol. The maximum absolute atomic E-state index is 12.4. The molecule has 2 aliphatic heterocycles. The maximum atomic E-state index is 12.4. The SMILES string of the molecule is CC1CC(NC(=O)CN2CC(O)C2)CN(c2ccc(C#N)c3nccnc23)C1. The van der Waals surface area contributed by atoms with Crippen molar-refractivity contribution in [1.29, 1.82) is 5.26 Å². The molecule has 1 aromatic heterocycles. The van der Waals surface area contributed by atoms with Crippen molar-refractivity contribution in [2.75, 3.05) is 37.6 Å². The van der Waals surface area contributed by atoms with Crippen LogP contribution in [0.1, 0.15) is 18.9 Å². The lowest BCUT2D eigenvalue weighted by atomic mass is 9.95. The van der Waals surface area contributed by atoms with E-state index in [2.05, 4.69) is 33.2 Å². The lowest BCUT2D eigenvalue weighted by Gasteiger charge is -2.39. The van der Waals surface area contributed by atoms with Gasteiger partial charge in [0.25, 0.3) is 0 Å². The van der Waals surface area contributed by atoms with Crippen LogP contribution in [0.2, 0.25) is 0 Å². The number of hydrogen-bond acceptors (Lipinski definition) is 7. The zero-order chi connectivity index (χ0) is 19.7. The van der Waals surface area contributed by atoms with Gasteiger partial charge in [0.2, 0.25) is 5.91 Å². The Bertz CT molecular complexity index is 921. The molecule has 0 spiro atoms. The molecule has 2 aliphatic rings. The van der Waals surface area contributed by atoms with Gasteiger partial charge >= 0.3 is 0 Å². The molecule has 8 heteroatoms. The highest BCUT2D eigenvalue weighted by molar-refractivity contribution is 5.92. The Morgan fingerprint density at radius 2 is 2.00 bits per heavy atom. The van der Waals surface area contributed by atoms with Crippen LogP contribution in [0.25, 0.3) is 11.0 Å². The Morgan fingerprint density at radius 1 is 1.25 bits per heavy atom. The van der Waals surface area contributed by atoms with E-state index in [1.807, 2.05) is 11.0 Å². The van der Waals surface area contributed by atoms with E-state index in [1.165, 1.54) is 0 Å². The third kappa shape index (κ3) is 3.77. The number of likely N-dealkylation sites (tertiary alicyclic amines) is 1. The second kappa shape index (κ2) is 7.70. The van der Waals surface area contributed by atoms with Crippen molar-refractivity contribution < 1.29 is 9.90 Å². The normalized spacial score (nSPS) is 23.2. The highest BCUT2D eigenvalue weighted by Crippen LogP contribution is 2.30. The van der Waals surface area contributed by atoms with Gasteiger partial charge in [-0.1, -0.05) is 6.92 Å². The van der Waals surface area contributed by atoms with Crippen LogP contribution in [0.3, 0.4) is 0 Å². The number of aromatic nitrogens is 2. The van der Waals surface area contributed by atoms with Crippen molar-refractivity contribution in [2.24, 2.45) is 5.92 Å². The van der Waals surface area contributed by atoms with Crippen LogP contribution in [-0.2, 0) is 4.79 Å². The Balaban J connectivity index is 1.50. The number of carbonyl (C=O) groups excluding carboxylic acids is 1. The summed E-state index contributed by atoms with van der Waals surface area (Å²) >= 11 is 0. The topological polar surface area (TPSA) is 105 Å². The smallest absolute Gasteiger partial charge is 0.234 e. The molecule has 0 saturated carbocycles. The van der Waals surface area contributed by atoms with Gasteiger partial charge in [0, 0.05) is 44.6 Å². The molecule has 1 aromatic carbocycles. The number of anilines is 1. The predicted molar refractivity (Wildman–Crippen MR) is 105 cm³/mol. The zero-order valence-electron chi connectivity index (χ0n) is 15.9. The first kappa shape index (κ1) is 18.6. The first-order valence-corrected chi connectivity index (χ1v) is 9.62. The van der Waals surface area contributed by atoms with Gasteiger partial charge in [0.05, 0.1) is 23.9 Å². The molecule has 4 rings (SSSR count). The number of piperidine rings is 1. The van der Waals surface area contributed by atoms with Gasteiger partial charge in [-0.2, -0.15) is 5.26 Å². The first-order chi connectivity index (χ1) is 13.5. The van der Waals surface area contributed by atoms with Gasteiger partial charge in [-0.3, -0.25) is 19.7 Å². The van der Waals surface area contributed by atoms with Crippen LogP contribution >= 0.6 is 0 Å². The fourth-order valence-electron chi connectivity index (χ4n) is 4.19. The number of aliphatic hydroxyl groups excluding tert-OH is 1. The zero-order valence-corrected chi connectivity index (χ0v) is 15.9. The molecule has 0 bridgehead atoms. The fraction of sp³-hybridized carbons (Fsp3) is 0.500. The number of amides is 1. The number of β-amino-alcohol motifs (C(OH)–C–C–N with tert-alkyl or cyclic N) is 1. The van der Waals surface area contributed by atoms with E-state index >= 15 is 0 Å². The van der Waals surface area contributed by atoms with E-state index in [-0.39, 0.29) is 18.1 Å². The minimum atomic E-state index is -0.302. The number of aliphatic hydroxyl groups is 1. The molecule has 28 heavy (non-hydrogen) atoms. The molecule has 1 amide bonds. The Kier molecular flexibility index (Phi) is 5.11. The average Bonchev–Trinajstić information content (AvgIpc) is 2.65. The van der Waals surface area contributed by atoms with Crippen molar-refractivity contribution in [2.45, 2.75) is 25.5 Å². The van der Waals surface area contributed by atoms with Crippen LogP contribution in [-0.4, -0.2) is 70.8 Å². The number of carbonyl (C=O) groups is 1. The molecule has 2 aromatic rings. The molecule has 8 nitrogen and oxygen atoms in total. The van der Waals surface area contributed by atoms with Gasteiger partial charge in [-0.15, -0.1) is 0 Å². The number of rotatable bonds is 4. The Labute approximate surface area is 163 Å². The van der Waals surface area contributed by atoms with Crippen molar-refractivity contribution in [3.63, 3.8) is 0 Å². The van der Waals surface area contributed by atoms with Gasteiger partial charge in [-0.25, -0.2) is 0 Å². The minimum Gasteiger partial charge on any atom is -0.390 e. The van der Waals surface area contributed by atoms with Crippen molar-refractivity contribution in [3.05, 3.63) is 30.1 Å². The minimum absolute atomic E-state index is 0.00423. The number of fused-ring (bicyclic) bond motifs is 1. The lowest BCUT2D eigenvalue weighted by Crippen LogP contribution is -2.56. The second-order valence-corrected chi connectivity index (χ2v) is 7.86. The molecular formula is C20H24N6O2. The van der Waals surface area contributed by atoms with Gasteiger partial charge in [0.15, 0.2) is 0 Å². The van der Waals surface area contributed by atoms with Gasteiger partial charge < -0.3 is 15.3 Å². The maximum Gasteiger partial charge on any atom is 0.234 e. The van der Waals surface area contributed by atoms with E-state index in [4.69, 9.17) is 0 Å². The summed E-state index contributed by atoms with van der Waals surface area (Å²) in [4.78, 5) is 25.3. The molecule has 2 N–H and O–H groups in total. The third-order valence-electron chi connectivity index (χ3n) is 5.39. The van der Waals surface area contributed by atoms with E-state index in [1.54, 1.807) is 18.5 Å². The summed E-state index contributed by atoms with van der Waals surface area (Å²) in [7, 11) is 0. The van der Waals surface area contributed by atoms with E-state index in [0.29, 0.717) is 43.2 Å². The fourth-order valence-corrected chi connectivity index (χ4v) is 4.19. The Morgan fingerprint density at radius 3 is 2.71 bits per heavy atom. The van der Waals surface area contributed by atoms with Crippen LogP contribution in [0, 0.1) is 17.2 Å². The second-order valence-electron chi connectivity index (χ2n) is 7.86. The van der Waals surface area contributed by atoms with Crippen LogP contribution in [0.4, 0.5) is 5.69 Å². The van der Waals surface area contributed by atoms with E-state index in [9.17, 15) is 15.2 Å². The molecule has 2 fully saturated rings. The van der Waals surface area contributed by atoms with Crippen LogP contribution in [0.5, 0.6) is 0 Å². The largest absolute Gasteiger partial charge is 0.390 e. The third-order valence-corrected chi connectivity index (χ3v) is 5.39. The van der Waals surface area contributed by atoms with Crippen LogP contribution < -0.4 is 10.2 Å². The van der Waals surface area contributed by atoms with Gasteiger partial charge in [0.1, 0.15) is 17.1 Å². The standard InChI is InChI=1S/C20H24N6O2/c1-13-6-15(24-18(28)12-25-10-16(27)11-25)9-26(8-13)17-3-2-14(7-21)19-20(17)23-5-4-22-19/h2-5,13,15-16,27H,6,8-12H2,1H3,(H,24,28). The molecule has 0 aliphatic carbocycles. The van der Waals surface area contributed by atoms with Gasteiger partial charge in [-0.05, 0) is 24.5 Å². The summed E-state index contributed by atoms with van der Waals surface area (Å²) in [5.74, 6) is 0.405. The number of nitriles is 1. The van der Waals surface area contributed by atoms with E-state index in [0.717, 1.165) is 24.2 Å². The Hall–Kier alpha value is -2.76. The first-order valence-electron chi connectivity index (χ1n) is 9.62. The highest BCUT2D eigenvalue weighted by atomic mass is 16.3. The summed E-state index contributed by atoms with van der Waals surface area (Å²) < 4.78 is 0. The molecule has 0 radical (unpaired) electrons. The quantitative estimate of drug-likeness (QED) is 0.796. The summed E-state index contributed by atoms with van der Waals surface area (Å²) in [6.45, 7) is 5.19. The predicted octanol–water partition coefficient (Wildman–Crippen LogP) is 0.509. The van der Waals surface area contributed by atoms with E-state index < -0.39 is 0 Å². The highest BCUT2D eigenvalue weighted by Gasteiger charge is 2.30.